The minimum atomic E-state index is -3.06. The minimum Gasteiger partial charge on any atom is -0.301 e. The van der Waals surface area contributed by atoms with Crippen molar-refractivity contribution < 1.29 is 8.42 Å². The van der Waals surface area contributed by atoms with E-state index in [2.05, 4.69) is 57.0 Å². The first-order valence-corrected chi connectivity index (χ1v) is 14.3. The molecule has 1 saturated carbocycles. The second-order valence-corrected chi connectivity index (χ2v) is 11.7. The number of rotatable bonds is 12. The predicted octanol–water partition coefficient (Wildman–Crippen LogP) is 5.53. The number of unbranched alkanes of at least 4 members (excludes halogenated alkanes) is 3. The summed E-state index contributed by atoms with van der Waals surface area (Å²) in [5.41, 5.74) is 2.55. The molecular weight excluding hydrogens is 525 g/mol. The summed E-state index contributed by atoms with van der Waals surface area (Å²) >= 11 is 6.32. The smallest absolute Gasteiger partial charge is 0.211 e. The summed E-state index contributed by atoms with van der Waals surface area (Å²) < 4.78 is 26.6. The van der Waals surface area contributed by atoms with Crippen LogP contribution < -0.4 is 4.72 Å². The number of hydrogen-bond acceptors (Lipinski definition) is 4. The lowest BCUT2D eigenvalue weighted by Crippen LogP contribution is -2.48. The quantitative estimate of drug-likeness (QED) is 0.346. The van der Waals surface area contributed by atoms with Crippen LogP contribution in [0.15, 0.2) is 54.6 Å². The van der Waals surface area contributed by atoms with E-state index < -0.39 is 10.0 Å². The van der Waals surface area contributed by atoms with Gasteiger partial charge >= 0.3 is 0 Å². The Morgan fingerprint density at radius 2 is 1.51 bits per heavy atom. The van der Waals surface area contributed by atoms with Crippen LogP contribution in [-0.4, -0.2) is 62.7 Å². The van der Waals surface area contributed by atoms with Gasteiger partial charge in [-0.2, -0.15) is 0 Å². The molecule has 196 valence electrons. The highest BCUT2D eigenvalue weighted by atomic mass is 35.5. The topological polar surface area (TPSA) is 52.7 Å². The van der Waals surface area contributed by atoms with Crippen LogP contribution in [0.2, 0.25) is 5.02 Å². The van der Waals surface area contributed by atoms with E-state index in [1.54, 1.807) is 0 Å². The van der Waals surface area contributed by atoms with E-state index in [9.17, 15) is 8.42 Å². The molecule has 1 saturated heterocycles. The van der Waals surface area contributed by atoms with Crippen LogP contribution >= 0.6 is 36.4 Å². The third-order valence-electron chi connectivity index (χ3n) is 6.61. The van der Waals surface area contributed by atoms with E-state index in [1.165, 1.54) is 11.1 Å². The molecule has 0 spiro atoms. The molecule has 1 unspecified atom stereocenters. The zero-order valence-electron chi connectivity index (χ0n) is 20.1. The maximum absolute atomic E-state index is 11.9. The number of nitrogens with one attached hydrogen (secondary N) is 1. The summed E-state index contributed by atoms with van der Waals surface area (Å²) in [6, 6.07) is 19.4. The summed E-state index contributed by atoms with van der Waals surface area (Å²) in [6.45, 7) is 5.26. The standard InChI is InChI=1S/C26H36ClN3O2S.2ClH/c27-24-12-8-11-23(21-24)26(22-9-4-3-5-10-22)30-18-16-29(17-19-30)15-6-1-2-7-20-33(31,32)28-25-13-14-25;;/h3-5,8-12,21,25-26,28H,1-2,6-7,13-20H2;2*1H. The SMILES string of the molecule is Cl.Cl.O=S(=O)(CCCCCCN1CCN(C(c2ccccc2)c2cccc(Cl)c2)CC1)NC1CC1. The lowest BCUT2D eigenvalue weighted by Gasteiger charge is -2.40. The van der Waals surface area contributed by atoms with Crippen molar-refractivity contribution in [2.24, 2.45) is 0 Å². The largest absolute Gasteiger partial charge is 0.301 e. The fourth-order valence-corrected chi connectivity index (χ4v) is 6.31. The monoisotopic (exact) mass is 561 g/mol. The van der Waals surface area contributed by atoms with Crippen LogP contribution in [0, 0.1) is 0 Å². The van der Waals surface area contributed by atoms with E-state index in [0.717, 1.165) is 76.3 Å². The van der Waals surface area contributed by atoms with Crippen molar-refractivity contribution in [1.29, 1.82) is 0 Å². The summed E-state index contributed by atoms with van der Waals surface area (Å²) in [7, 11) is -3.06. The normalized spacial score (nSPS) is 17.9. The molecule has 1 N–H and O–H groups in total. The molecule has 0 radical (unpaired) electrons. The molecule has 2 aliphatic rings. The fourth-order valence-electron chi connectivity index (χ4n) is 4.67. The molecule has 1 atom stereocenters. The van der Waals surface area contributed by atoms with E-state index >= 15 is 0 Å². The molecule has 35 heavy (non-hydrogen) atoms. The molecule has 2 aromatic carbocycles. The molecule has 2 fully saturated rings. The second kappa shape index (κ2) is 14.8. The van der Waals surface area contributed by atoms with Gasteiger partial charge in [0.2, 0.25) is 10.0 Å². The van der Waals surface area contributed by atoms with Gasteiger partial charge in [-0.3, -0.25) is 4.90 Å². The highest BCUT2D eigenvalue weighted by Crippen LogP contribution is 2.31. The van der Waals surface area contributed by atoms with Gasteiger partial charge in [0.1, 0.15) is 0 Å². The molecule has 1 heterocycles. The molecule has 2 aromatic rings. The van der Waals surface area contributed by atoms with Gasteiger partial charge in [0.05, 0.1) is 11.8 Å². The molecule has 9 heteroatoms. The van der Waals surface area contributed by atoms with Crippen LogP contribution in [0.1, 0.15) is 55.7 Å². The second-order valence-electron chi connectivity index (χ2n) is 9.37. The van der Waals surface area contributed by atoms with E-state index in [-0.39, 0.29) is 42.7 Å². The van der Waals surface area contributed by atoms with Crippen LogP contribution in [0.4, 0.5) is 0 Å². The Morgan fingerprint density at radius 3 is 2.17 bits per heavy atom. The van der Waals surface area contributed by atoms with E-state index in [4.69, 9.17) is 11.6 Å². The maximum atomic E-state index is 11.9. The van der Waals surface area contributed by atoms with Gasteiger partial charge in [-0.1, -0.05) is 66.9 Å². The Balaban J connectivity index is 0.00000216. The van der Waals surface area contributed by atoms with Crippen LogP contribution in [-0.2, 0) is 10.0 Å². The Bertz CT molecular complexity index is 982. The first-order valence-electron chi connectivity index (χ1n) is 12.3. The van der Waals surface area contributed by atoms with Crippen molar-refractivity contribution in [2.45, 2.75) is 50.6 Å². The fraction of sp³-hybridized carbons (Fsp3) is 0.538. The predicted molar refractivity (Wildman–Crippen MR) is 151 cm³/mol. The zero-order valence-corrected chi connectivity index (χ0v) is 23.4. The summed E-state index contributed by atoms with van der Waals surface area (Å²) in [5, 5.41) is 0.781. The lowest BCUT2D eigenvalue weighted by molar-refractivity contribution is 0.108. The van der Waals surface area contributed by atoms with Gasteiger partial charge in [0.15, 0.2) is 0 Å². The Labute approximate surface area is 228 Å². The van der Waals surface area contributed by atoms with E-state index in [0.29, 0.717) is 0 Å². The number of piperazine rings is 1. The average Bonchev–Trinajstić information content (AvgIpc) is 3.61. The number of nitrogens with zero attached hydrogens (tertiary/aromatic N) is 2. The summed E-state index contributed by atoms with van der Waals surface area (Å²) in [5.74, 6) is 0.270. The van der Waals surface area contributed by atoms with Crippen molar-refractivity contribution in [2.75, 3.05) is 38.5 Å². The molecule has 1 aliphatic carbocycles. The van der Waals surface area contributed by atoms with Crippen LogP contribution in [0.25, 0.3) is 0 Å². The first kappa shape index (κ1) is 30.4. The van der Waals surface area contributed by atoms with Gasteiger partial charge in [-0.15, -0.1) is 24.8 Å². The number of halogens is 3. The van der Waals surface area contributed by atoms with E-state index in [1.807, 2.05) is 12.1 Å². The highest BCUT2D eigenvalue weighted by Gasteiger charge is 2.27. The number of benzene rings is 2. The van der Waals surface area contributed by atoms with Gasteiger partial charge in [-0.25, -0.2) is 13.1 Å². The third-order valence-corrected chi connectivity index (χ3v) is 8.37. The third kappa shape index (κ3) is 9.84. The Hall–Kier alpha value is -0.860. The van der Waals surface area contributed by atoms with Crippen LogP contribution in [0.3, 0.4) is 0 Å². The lowest BCUT2D eigenvalue weighted by atomic mass is 9.96. The Morgan fingerprint density at radius 1 is 0.857 bits per heavy atom. The molecule has 5 nitrogen and oxygen atoms in total. The molecule has 4 rings (SSSR count). The number of sulfonamides is 1. The van der Waals surface area contributed by atoms with Gasteiger partial charge in [0, 0.05) is 37.2 Å². The van der Waals surface area contributed by atoms with Gasteiger partial charge in [0.25, 0.3) is 0 Å². The van der Waals surface area contributed by atoms with Crippen LogP contribution in [0.5, 0.6) is 0 Å². The zero-order chi connectivity index (χ0) is 23.1. The molecule has 0 bridgehead atoms. The maximum Gasteiger partial charge on any atom is 0.211 e. The average molecular weight is 563 g/mol. The van der Waals surface area contributed by atoms with Crippen molar-refractivity contribution in [3.05, 3.63) is 70.7 Å². The highest BCUT2D eigenvalue weighted by molar-refractivity contribution is 7.89. The van der Waals surface area contributed by atoms with Crippen molar-refractivity contribution >= 4 is 46.4 Å². The van der Waals surface area contributed by atoms with Crippen molar-refractivity contribution in [3.63, 3.8) is 0 Å². The summed E-state index contributed by atoms with van der Waals surface area (Å²) in [4.78, 5) is 5.11. The molecule has 0 amide bonds. The summed E-state index contributed by atoms with van der Waals surface area (Å²) in [6.07, 6.45) is 5.96. The molecule has 0 aromatic heterocycles. The van der Waals surface area contributed by atoms with Gasteiger partial charge < -0.3 is 4.90 Å². The van der Waals surface area contributed by atoms with Crippen molar-refractivity contribution in [3.8, 4) is 0 Å². The molecule has 1 aliphatic heterocycles. The number of hydrogen-bond donors (Lipinski definition) is 1. The van der Waals surface area contributed by atoms with Crippen molar-refractivity contribution in [1.82, 2.24) is 14.5 Å². The molecular formula is C26H38Cl3N3O2S. The Kier molecular flexibility index (Phi) is 12.8. The first-order chi connectivity index (χ1) is 16.0. The minimum absolute atomic E-state index is 0. The van der Waals surface area contributed by atoms with Gasteiger partial charge in [-0.05, 0) is 55.5 Å².